The molecule has 1 aliphatic heterocycles. The van der Waals surface area contributed by atoms with Crippen molar-refractivity contribution in [2.24, 2.45) is 13.0 Å². The first kappa shape index (κ1) is 23.4. The minimum absolute atomic E-state index is 0.0631. The molecule has 0 aliphatic carbocycles. The molecule has 0 atom stereocenters. The maximum Gasteiger partial charge on any atom is 0.225 e. The number of ether oxygens (including phenoxy) is 1. The molecular formula is C24H29N7O3. The Bertz CT molecular complexity index is 1200. The van der Waals surface area contributed by atoms with Crippen LogP contribution in [0.2, 0.25) is 0 Å². The van der Waals surface area contributed by atoms with E-state index in [2.05, 4.69) is 30.6 Å². The number of hydrogen-bond donors (Lipinski definition) is 2. The monoisotopic (exact) mass is 463 g/mol. The summed E-state index contributed by atoms with van der Waals surface area (Å²) in [4.78, 5) is 35.9. The van der Waals surface area contributed by atoms with Crippen LogP contribution in [0, 0.1) is 5.92 Å². The van der Waals surface area contributed by atoms with E-state index in [1.807, 2.05) is 25.2 Å². The van der Waals surface area contributed by atoms with Gasteiger partial charge in [0.1, 0.15) is 12.1 Å². The van der Waals surface area contributed by atoms with Gasteiger partial charge in [-0.3, -0.25) is 14.3 Å². The van der Waals surface area contributed by atoms with Crippen LogP contribution in [0.1, 0.15) is 30.1 Å². The van der Waals surface area contributed by atoms with Crippen molar-refractivity contribution in [1.29, 1.82) is 0 Å². The molecule has 34 heavy (non-hydrogen) atoms. The average Bonchev–Trinajstić information content (AvgIpc) is 3.23. The summed E-state index contributed by atoms with van der Waals surface area (Å²) >= 11 is 0. The molecule has 0 bridgehead atoms. The number of hydrogen-bond acceptors (Lipinski definition) is 8. The largest absolute Gasteiger partial charge is 0.494 e. The number of nitrogens with one attached hydrogen (secondary N) is 2. The zero-order valence-electron chi connectivity index (χ0n) is 19.8. The number of anilines is 3. The van der Waals surface area contributed by atoms with Gasteiger partial charge in [0, 0.05) is 45.2 Å². The van der Waals surface area contributed by atoms with Crippen LogP contribution in [0.5, 0.6) is 5.75 Å². The third-order valence-corrected chi connectivity index (χ3v) is 5.74. The third-order valence-electron chi connectivity index (χ3n) is 5.74. The van der Waals surface area contributed by atoms with Gasteiger partial charge in [0.25, 0.3) is 0 Å². The number of Topliss-reactive ketones (excluding diaryl/α,β-unsaturated/α-hetero) is 1. The lowest BCUT2D eigenvalue weighted by Gasteiger charge is -2.35. The molecule has 10 heteroatoms. The topological polar surface area (TPSA) is 114 Å². The summed E-state index contributed by atoms with van der Waals surface area (Å²) < 4.78 is 7.30. The fourth-order valence-electron chi connectivity index (χ4n) is 4.09. The first-order valence-corrected chi connectivity index (χ1v) is 11.2. The molecule has 1 saturated heterocycles. The maximum atomic E-state index is 12.6. The highest BCUT2D eigenvalue weighted by Gasteiger charge is 2.26. The highest BCUT2D eigenvalue weighted by Crippen LogP contribution is 2.37. The Labute approximate surface area is 198 Å². The lowest BCUT2D eigenvalue weighted by molar-refractivity contribution is -0.118. The number of nitrogens with zero attached hydrogens (tertiary/aromatic N) is 5. The van der Waals surface area contributed by atoms with Crippen molar-refractivity contribution < 1.29 is 14.3 Å². The van der Waals surface area contributed by atoms with E-state index in [0.29, 0.717) is 58.7 Å². The molecule has 2 N–H and O–H groups in total. The lowest BCUT2D eigenvalue weighted by Crippen LogP contribution is -2.45. The van der Waals surface area contributed by atoms with Crippen LogP contribution < -0.4 is 15.4 Å². The summed E-state index contributed by atoms with van der Waals surface area (Å²) in [5, 5.41) is 10.5. The summed E-state index contributed by atoms with van der Waals surface area (Å²) in [6.07, 6.45) is 3.88. The van der Waals surface area contributed by atoms with Crippen molar-refractivity contribution >= 4 is 28.9 Å². The molecule has 0 saturated carbocycles. The second-order valence-electron chi connectivity index (χ2n) is 8.48. The van der Waals surface area contributed by atoms with Crippen molar-refractivity contribution in [2.75, 3.05) is 37.9 Å². The number of carbonyl (C=O) groups excluding carboxylic acids is 2. The highest BCUT2D eigenvalue weighted by atomic mass is 16.5. The first-order valence-electron chi connectivity index (χ1n) is 11.2. The molecule has 0 unspecified atom stereocenters. The Kier molecular flexibility index (Phi) is 6.87. The van der Waals surface area contributed by atoms with Gasteiger partial charge in [0.05, 0.1) is 29.6 Å². The van der Waals surface area contributed by atoms with E-state index >= 15 is 0 Å². The highest BCUT2D eigenvalue weighted by molar-refractivity contribution is 6.02. The maximum absolute atomic E-state index is 12.6. The van der Waals surface area contributed by atoms with E-state index in [9.17, 15) is 9.59 Å². The molecule has 0 radical (unpaired) electrons. The summed E-state index contributed by atoms with van der Waals surface area (Å²) in [7, 11) is 5.40. The number of benzene rings is 1. The average molecular weight is 464 g/mol. The Morgan fingerprint density at radius 1 is 1.18 bits per heavy atom. The number of amides is 1. The number of carbonyl (C=O) groups is 2. The fourth-order valence-corrected chi connectivity index (χ4v) is 4.09. The standard InChI is InChI=1S/C24H29N7O3/c1-5-20(32)17-11-25-21(28-22(33)9-15-12-30(2)13-15)10-19(17)27-18-8-6-7-16(23(18)34-4)24-26-14-31(3)29-24/h6-8,10-11,14-15H,5,9,12-13H2,1-4H3,(H2,25,27,28,33). The van der Waals surface area contributed by atoms with Crippen LogP contribution in [0.4, 0.5) is 17.2 Å². The van der Waals surface area contributed by atoms with Crippen LogP contribution in [0.25, 0.3) is 11.4 Å². The van der Waals surface area contributed by atoms with Gasteiger partial charge in [-0.15, -0.1) is 0 Å². The molecule has 1 aromatic carbocycles. The fraction of sp³-hybridized carbons (Fsp3) is 0.375. The predicted molar refractivity (Wildman–Crippen MR) is 129 cm³/mol. The van der Waals surface area contributed by atoms with Gasteiger partial charge in [0.15, 0.2) is 17.4 Å². The third kappa shape index (κ3) is 5.07. The molecule has 1 fully saturated rings. The molecule has 3 aromatic rings. The molecule has 4 rings (SSSR count). The Morgan fingerprint density at radius 2 is 1.97 bits per heavy atom. The zero-order valence-corrected chi connectivity index (χ0v) is 19.8. The Balaban J connectivity index is 1.62. The number of pyridine rings is 1. The molecule has 10 nitrogen and oxygen atoms in total. The molecule has 0 spiro atoms. The summed E-state index contributed by atoms with van der Waals surface area (Å²) in [5.74, 6) is 1.65. The van der Waals surface area contributed by atoms with Crippen LogP contribution in [0.15, 0.2) is 36.8 Å². The van der Waals surface area contributed by atoms with Crippen LogP contribution in [-0.2, 0) is 11.8 Å². The van der Waals surface area contributed by atoms with Crippen molar-refractivity contribution in [3.05, 3.63) is 42.4 Å². The number of methoxy groups -OCH3 is 1. The Morgan fingerprint density at radius 3 is 2.62 bits per heavy atom. The van der Waals surface area contributed by atoms with Gasteiger partial charge in [-0.05, 0) is 25.1 Å². The van der Waals surface area contributed by atoms with Gasteiger partial charge in [0.2, 0.25) is 5.91 Å². The second-order valence-corrected chi connectivity index (χ2v) is 8.48. The Hall–Kier alpha value is -3.79. The first-order chi connectivity index (χ1) is 16.4. The SMILES string of the molecule is CCC(=O)c1cnc(NC(=O)CC2CN(C)C2)cc1Nc1cccc(-c2ncn(C)n2)c1OC. The van der Waals surface area contributed by atoms with E-state index in [0.717, 1.165) is 13.1 Å². The molecule has 178 valence electrons. The quantitative estimate of drug-likeness (QED) is 0.465. The van der Waals surface area contributed by atoms with Crippen molar-refractivity contribution in [2.45, 2.75) is 19.8 Å². The van der Waals surface area contributed by atoms with Gasteiger partial charge >= 0.3 is 0 Å². The van der Waals surface area contributed by atoms with Gasteiger partial charge in [-0.1, -0.05) is 13.0 Å². The molecule has 2 aromatic heterocycles. The van der Waals surface area contributed by atoms with E-state index in [1.165, 1.54) is 6.20 Å². The summed E-state index contributed by atoms with van der Waals surface area (Å²) in [6, 6.07) is 7.25. The second kappa shape index (κ2) is 10.0. The van der Waals surface area contributed by atoms with E-state index in [1.54, 1.807) is 38.2 Å². The number of aromatic nitrogens is 4. The van der Waals surface area contributed by atoms with Crippen LogP contribution in [-0.4, -0.2) is 63.6 Å². The smallest absolute Gasteiger partial charge is 0.225 e. The van der Waals surface area contributed by atoms with Crippen molar-refractivity contribution in [3.8, 4) is 17.1 Å². The zero-order chi connectivity index (χ0) is 24.2. The minimum atomic E-state index is -0.0908. The van der Waals surface area contributed by atoms with Crippen LogP contribution in [0.3, 0.4) is 0 Å². The number of ketones is 1. The van der Waals surface area contributed by atoms with Gasteiger partial charge in [-0.2, -0.15) is 5.10 Å². The number of rotatable bonds is 9. The van der Waals surface area contributed by atoms with Crippen LogP contribution >= 0.6 is 0 Å². The van der Waals surface area contributed by atoms with Crippen molar-refractivity contribution in [1.82, 2.24) is 24.6 Å². The summed E-state index contributed by atoms with van der Waals surface area (Å²) in [6.45, 7) is 3.63. The molecular weight excluding hydrogens is 434 g/mol. The summed E-state index contributed by atoms with van der Waals surface area (Å²) in [5.41, 5.74) is 2.32. The van der Waals surface area contributed by atoms with Gasteiger partial charge < -0.3 is 20.3 Å². The van der Waals surface area contributed by atoms with E-state index in [-0.39, 0.29) is 11.7 Å². The number of aryl methyl sites for hydroxylation is 1. The number of para-hydroxylation sites is 1. The predicted octanol–water partition coefficient (Wildman–Crippen LogP) is 3.11. The van der Waals surface area contributed by atoms with Gasteiger partial charge in [-0.25, -0.2) is 9.97 Å². The lowest BCUT2D eigenvalue weighted by atomic mass is 9.97. The molecule has 1 aliphatic rings. The normalized spacial score (nSPS) is 13.9. The van der Waals surface area contributed by atoms with Crippen molar-refractivity contribution in [3.63, 3.8) is 0 Å². The minimum Gasteiger partial charge on any atom is -0.494 e. The number of likely N-dealkylation sites (tertiary alicyclic amines) is 1. The molecule has 1 amide bonds. The van der Waals surface area contributed by atoms with E-state index in [4.69, 9.17) is 4.74 Å². The van der Waals surface area contributed by atoms with E-state index < -0.39 is 0 Å². The molecule has 3 heterocycles.